The molecule has 0 amide bonds. The van der Waals surface area contributed by atoms with Crippen molar-refractivity contribution in [2.24, 2.45) is 13.0 Å². The van der Waals surface area contributed by atoms with Gasteiger partial charge < -0.3 is 14.6 Å². The van der Waals surface area contributed by atoms with Gasteiger partial charge in [0.1, 0.15) is 18.0 Å². The largest absolute Gasteiger partial charge is 0.418 e. The first-order valence-corrected chi connectivity index (χ1v) is 12.9. The molecule has 204 valence electrons. The van der Waals surface area contributed by atoms with Crippen LogP contribution in [0.2, 0.25) is 0 Å². The number of nitrogens with one attached hydrogen (secondary N) is 1. The van der Waals surface area contributed by atoms with Crippen LogP contribution < -0.4 is 5.32 Å². The van der Waals surface area contributed by atoms with Gasteiger partial charge in [-0.15, -0.1) is 10.2 Å². The van der Waals surface area contributed by atoms with Gasteiger partial charge in [0.15, 0.2) is 0 Å². The Morgan fingerprint density at radius 1 is 1.18 bits per heavy atom. The van der Waals surface area contributed by atoms with E-state index < -0.39 is 17.6 Å². The van der Waals surface area contributed by atoms with Crippen molar-refractivity contribution in [3.05, 3.63) is 70.8 Å². The van der Waals surface area contributed by atoms with Gasteiger partial charge in [-0.3, -0.25) is 9.88 Å². The summed E-state index contributed by atoms with van der Waals surface area (Å²) in [6, 6.07) is 5.73. The molecular formula is C27H32F4N6O. The highest BCUT2D eigenvalue weighted by molar-refractivity contribution is 5.49. The SMILES string of the molecule is C[C@@H]1CN(Cc2cnc(CNc3cc(F)cc(C(c4nncn4C)C4CCC4)c3)c(C(F)(F)F)c2)CCO1. The van der Waals surface area contributed by atoms with E-state index in [0.717, 1.165) is 30.7 Å². The van der Waals surface area contributed by atoms with Gasteiger partial charge in [-0.25, -0.2) is 4.39 Å². The summed E-state index contributed by atoms with van der Waals surface area (Å²) in [6.45, 7) is 3.99. The molecular weight excluding hydrogens is 500 g/mol. The predicted molar refractivity (Wildman–Crippen MR) is 134 cm³/mol. The molecule has 1 saturated carbocycles. The van der Waals surface area contributed by atoms with Crippen molar-refractivity contribution in [3.63, 3.8) is 0 Å². The third kappa shape index (κ3) is 5.99. The number of halogens is 4. The topological polar surface area (TPSA) is 68.1 Å². The molecule has 38 heavy (non-hydrogen) atoms. The van der Waals surface area contributed by atoms with E-state index in [1.165, 1.54) is 24.4 Å². The van der Waals surface area contributed by atoms with Crippen LogP contribution in [0, 0.1) is 11.7 Å². The van der Waals surface area contributed by atoms with Gasteiger partial charge in [-0.1, -0.05) is 6.42 Å². The molecule has 0 radical (unpaired) electrons. The lowest BCUT2D eigenvalue weighted by molar-refractivity contribution is -0.138. The number of hydrogen-bond donors (Lipinski definition) is 1. The molecule has 5 rings (SSSR count). The van der Waals surface area contributed by atoms with E-state index >= 15 is 0 Å². The molecule has 0 bridgehead atoms. The normalized spacial score (nSPS) is 19.8. The number of aromatic nitrogens is 4. The van der Waals surface area contributed by atoms with E-state index in [4.69, 9.17) is 4.74 Å². The molecule has 1 aliphatic heterocycles. The Labute approximate surface area is 219 Å². The van der Waals surface area contributed by atoms with Gasteiger partial charge >= 0.3 is 6.18 Å². The lowest BCUT2D eigenvalue weighted by atomic mass is 9.72. The molecule has 2 aliphatic rings. The molecule has 3 heterocycles. The van der Waals surface area contributed by atoms with Crippen LogP contribution >= 0.6 is 0 Å². The minimum absolute atomic E-state index is 0.0379. The molecule has 1 aromatic carbocycles. The first-order valence-electron chi connectivity index (χ1n) is 12.9. The quantitative estimate of drug-likeness (QED) is 0.406. The molecule has 2 aromatic heterocycles. The average Bonchev–Trinajstić information content (AvgIpc) is 3.24. The summed E-state index contributed by atoms with van der Waals surface area (Å²) in [5.74, 6) is 0.458. The number of pyridine rings is 1. The third-order valence-corrected chi connectivity index (χ3v) is 7.45. The van der Waals surface area contributed by atoms with Crippen LogP contribution in [0.4, 0.5) is 23.2 Å². The van der Waals surface area contributed by atoms with Crippen molar-refractivity contribution < 1.29 is 22.3 Å². The van der Waals surface area contributed by atoms with Crippen molar-refractivity contribution in [2.75, 3.05) is 25.0 Å². The number of alkyl halides is 3. The van der Waals surface area contributed by atoms with Gasteiger partial charge in [-0.05, 0) is 61.1 Å². The summed E-state index contributed by atoms with van der Waals surface area (Å²) in [7, 11) is 1.85. The molecule has 1 saturated heterocycles. The summed E-state index contributed by atoms with van der Waals surface area (Å²) >= 11 is 0. The van der Waals surface area contributed by atoms with E-state index in [2.05, 4.69) is 25.4 Å². The first-order chi connectivity index (χ1) is 18.2. The second-order valence-corrected chi connectivity index (χ2v) is 10.3. The van der Waals surface area contributed by atoms with E-state index in [0.29, 0.717) is 43.4 Å². The molecule has 0 spiro atoms. The zero-order chi connectivity index (χ0) is 26.9. The first kappa shape index (κ1) is 26.6. The van der Waals surface area contributed by atoms with Crippen molar-refractivity contribution in [1.29, 1.82) is 0 Å². The van der Waals surface area contributed by atoms with Crippen LogP contribution in [0.5, 0.6) is 0 Å². The lowest BCUT2D eigenvalue weighted by Crippen LogP contribution is -2.40. The summed E-state index contributed by atoms with van der Waals surface area (Å²) in [4.78, 5) is 6.23. The van der Waals surface area contributed by atoms with Crippen LogP contribution in [-0.4, -0.2) is 50.4 Å². The second kappa shape index (κ2) is 11.0. The average molecular weight is 533 g/mol. The van der Waals surface area contributed by atoms with Gasteiger partial charge in [0.05, 0.1) is 30.5 Å². The van der Waals surface area contributed by atoms with Crippen molar-refractivity contribution >= 4 is 5.69 Å². The number of ether oxygens (including phenoxy) is 1. The summed E-state index contributed by atoms with van der Waals surface area (Å²) < 4.78 is 64.0. The van der Waals surface area contributed by atoms with Crippen molar-refractivity contribution in [2.45, 2.75) is 57.5 Å². The van der Waals surface area contributed by atoms with Crippen LogP contribution in [-0.2, 0) is 31.1 Å². The number of morpholine rings is 1. The number of rotatable bonds is 8. The standard InChI is InChI=1S/C27H32F4N6O/c1-17-14-37(6-7-38-17)15-18-8-23(27(29,30)31)24(33-12-18)13-32-22-10-20(9-21(28)11-22)25(19-4-3-5-19)26-35-34-16-36(26)2/h8-12,16-17,19,25,32H,3-7,13-15H2,1-2H3/t17-,25?/m1/s1. The van der Waals surface area contributed by atoms with E-state index in [-0.39, 0.29) is 24.3 Å². The lowest BCUT2D eigenvalue weighted by Gasteiger charge is -2.33. The maximum atomic E-state index is 14.7. The Bertz CT molecular complexity index is 1260. The van der Waals surface area contributed by atoms with Gasteiger partial charge in [-0.2, -0.15) is 13.2 Å². The molecule has 1 N–H and O–H groups in total. The van der Waals surface area contributed by atoms with E-state index in [1.54, 1.807) is 12.4 Å². The monoisotopic (exact) mass is 532 g/mol. The van der Waals surface area contributed by atoms with Crippen LogP contribution in [0.15, 0.2) is 36.8 Å². The highest BCUT2D eigenvalue weighted by Gasteiger charge is 2.35. The minimum atomic E-state index is -4.56. The van der Waals surface area contributed by atoms with Crippen LogP contribution in [0.25, 0.3) is 0 Å². The number of nitrogens with zero attached hydrogens (tertiary/aromatic N) is 5. The Morgan fingerprint density at radius 3 is 2.66 bits per heavy atom. The Hall–Kier alpha value is -3.05. The maximum Gasteiger partial charge on any atom is 0.418 e. The van der Waals surface area contributed by atoms with E-state index in [9.17, 15) is 17.6 Å². The molecule has 2 atom stereocenters. The highest BCUT2D eigenvalue weighted by Crippen LogP contribution is 2.43. The van der Waals surface area contributed by atoms with Crippen LogP contribution in [0.1, 0.15) is 60.3 Å². The van der Waals surface area contributed by atoms with Crippen molar-refractivity contribution in [3.8, 4) is 0 Å². The fourth-order valence-electron chi connectivity index (χ4n) is 5.36. The fourth-order valence-corrected chi connectivity index (χ4v) is 5.36. The second-order valence-electron chi connectivity index (χ2n) is 10.3. The van der Waals surface area contributed by atoms with Crippen molar-refractivity contribution in [1.82, 2.24) is 24.6 Å². The van der Waals surface area contributed by atoms with Crippen LogP contribution in [0.3, 0.4) is 0 Å². The minimum Gasteiger partial charge on any atom is -0.379 e. The van der Waals surface area contributed by atoms with Gasteiger partial charge in [0.25, 0.3) is 0 Å². The number of hydrogen-bond acceptors (Lipinski definition) is 6. The number of benzene rings is 1. The number of aryl methyl sites for hydroxylation is 1. The third-order valence-electron chi connectivity index (χ3n) is 7.45. The predicted octanol–water partition coefficient (Wildman–Crippen LogP) is 5.13. The fraction of sp³-hybridized carbons (Fsp3) is 0.519. The van der Waals surface area contributed by atoms with E-state index in [1.807, 2.05) is 18.5 Å². The summed E-state index contributed by atoms with van der Waals surface area (Å²) in [5, 5.41) is 11.2. The van der Waals surface area contributed by atoms with Gasteiger partial charge in [0.2, 0.25) is 0 Å². The summed E-state index contributed by atoms with van der Waals surface area (Å²) in [6.07, 6.45) is 1.70. The molecule has 7 nitrogen and oxygen atoms in total. The molecule has 1 aliphatic carbocycles. The Morgan fingerprint density at radius 2 is 2.00 bits per heavy atom. The smallest absolute Gasteiger partial charge is 0.379 e. The highest BCUT2D eigenvalue weighted by atomic mass is 19.4. The van der Waals surface area contributed by atoms with Gasteiger partial charge in [0, 0.05) is 44.5 Å². The summed E-state index contributed by atoms with van der Waals surface area (Å²) in [5.41, 5.74) is 0.702. The molecule has 3 aromatic rings. The Balaban J connectivity index is 1.36. The molecule has 11 heteroatoms. The molecule has 1 unspecified atom stereocenters. The zero-order valence-corrected chi connectivity index (χ0v) is 21.5. The number of anilines is 1. The Kier molecular flexibility index (Phi) is 7.67. The maximum absolute atomic E-state index is 14.7. The molecule has 2 fully saturated rings. The zero-order valence-electron chi connectivity index (χ0n) is 21.5.